The summed E-state index contributed by atoms with van der Waals surface area (Å²) >= 11 is 0. The highest BCUT2D eigenvalue weighted by molar-refractivity contribution is 7.45. The van der Waals surface area contributed by atoms with E-state index >= 15 is 0 Å². The third kappa shape index (κ3) is 57.5. The molecule has 0 saturated heterocycles. The van der Waals surface area contributed by atoms with Crippen LogP contribution in [0.15, 0.2) is 122 Å². The lowest BCUT2D eigenvalue weighted by Gasteiger charge is -2.28. The van der Waals surface area contributed by atoms with Crippen molar-refractivity contribution in [1.82, 2.24) is 0 Å². The molecule has 0 spiro atoms. The molecule has 0 aliphatic heterocycles. The number of hydrogen-bond acceptors (Lipinski definition) is 8. The minimum Gasteiger partial charge on any atom is -0.756 e. The number of unbranched alkanes of at least 4 members (excludes halogenated alkanes) is 17. The second-order valence-corrected chi connectivity index (χ2v) is 21.3. The Morgan fingerprint density at radius 1 is 0.438 bits per heavy atom. The van der Waals surface area contributed by atoms with Crippen molar-refractivity contribution >= 4 is 19.8 Å². The molecular weight excluding hydrogens is 930 g/mol. The van der Waals surface area contributed by atoms with Gasteiger partial charge < -0.3 is 27.9 Å². The van der Waals surface area contributed by atoms with Crippen LogP contribution in [0.5, 0.6) is 0 Å². The first-order chi connectivity index (χ1) is 35.5. The van der Waals surface area contributed by atoms with Gasteiger partial charge in [0.2, 0.25) is 0 Å². The Labute approximate surface area is 448 Å². The number of rotatable bonds is 51. The first-order valence-corrected chi connectivity index (χ1v) is 30.2. The van der Waals surface area contributed by atoms with Crippen LogP contribution in [0.4, 0.5) is 0 Å². The first kappa shape index (κ1) is 69.4. The summed E-state index contributed by atoms with van der Waals surface area (Å²) in [7, 11) is 1.13. The Bertz CT molecular complexity index is 1650. The van der Waals surface area contributed by atoms with Gasteiger partial charge in [0.1, 0.15) is 19.8 Å². The smallest absolute Gasteiger partial charge is 0.306 e. The fraction of sp³-hybridized carbons (Fsp3) is 0.651. The number of phosphoric acid groups is 1. The van der Waals surface area contributed by atoms with E-state index < -0.39 is 32.5 Å². The fourth-order valence-corrected chi connectivity index (χ4v) is 8.06. The zero-order valence-corrected chi connectivity index (χ0v) is 47.9. The maximum Gasteiger partial charge on any atom is 0.306 e. The molecule has 0 heterocycles. The van der Waals surface area contributed by atoms with Gasteiger partial charge in [-0.25, -0.2) is 0 Å². The number of likely N-dealkylation sites (N-methyl/N-ethyl adjacent to an activating group) is 1. The minimum absolute atomic E-state index is 0.0413. The van der Waals surface area contributed by atoms with E-state index in [-0.39, 0.29) is 26.1 Å². The van der Waals surface area contributed by atoms with Gasteiger partial charge in [0.25, 0.3) is 7.82 Å². The maximum absolute atomic E-state index is 12.8. The molecule has 0 fully saturated rings. The van der Waals surface area contributed by atoms with E-state index in [4.69, 9.17) is 18.5 Å². The highest BCUT2D eigenvalue weighted by Crippen LogP contribution is 2.38. The molecule has 416 valence electrons. The lowest BCUT2D eigenvalue weighted by atomic mass is 10.0. The highest BCUT2D eigenvalue weighted by atomic mass is 31.2. The molecule has 9 nitrogen and oxygen atoms in total. The topological polar surface area (TPSA) is 111 Å². The Balaban J connectivity index is 4.23. The van der Waals surface area contributed by atoms with Gasteiger partial charge >= 0.3 is 11.9 Å². The number of allylic oxidation sites excluding steroid dienone is 20. The Morgan fingerprint density at radius 2 is 0.781 bits per heavy atom. The van der Waals surface area contributed by atoms with E-state index in [2.05, 4.69) is 135 Å². The van der Waals surface area contributed by atoms with Crippen molar-refractivity contribution < 1.29 is 42.1 Å². The largest absolute Gasteiger partial charge is 0.756 e. The van der Waals surface area contributed by atoms with E-state index in [1.807, 2.05) is 21.1 Å². The van der Waals surface area contributed by atoms with Gasteiger partial charge in [-0.1, -0.05) is 232 Å². The Hall–Kier alpha value is -3.59. The van der Waals surface area contributed by atoms with Crippen molar-refractivity contribution in [2.24, 2.45) is 0 Å². The van der Waals surface area contributed by atoms with Crippen LogP contribution in [0.1, 0.15) is 213 Å². The number of nitrogens with zero attached hydrogens (tertiary/aromatic N) is 1. The molecule has 0 amide bonds. The second kappa shape index (κ2) is 53.2. The lowest BCUT2D eigenvalue weighted by molar-refractivity contribution is -0.870. The first-order valence-electron chi connectivity index (χ1n) is 28.7. The van der Waals surface area contributed by atoms with Crippen molar-refractivity contribution in [2.45, 2.75) is 219 Å². The van der Waals surface area contributed by atoms with Gasteiger partial charge in [-0.3, -0.25) is 14.2 Å². The molecule has 0 N–H and O–H groups in total. The summed E-state index contributed by atoms with van der Waals surface area (Å²) in [6.07, 6.45) is 75.3. The van der Waals surface area contributed by atoms with Crippen LogP contribution >= 0.6 is 7.82 Å². The zero-order valence-electron chi connectivity index (χ0n) is 47.0. The summed E-state index contributed by atoms with van der Waals surface area (Å²) in [5.41, 5.74) is 0. The molecule has 0 aromatic carbocycles. The summed E-state index contributed by atoms with van der Waals surface area (Å²) in [5.74, 6) is -0.868. The molecule has 0 aliphatic rings. The van der Waals surface area contributed by atoms with Gasteiger partial charge in [0, 0.05) is 12.8 Å². The third-order valence-corrected chi connectivity index (χ3v) is 12.7. The van der Waals surface area contributed by atoms with E-state index in [1.54, 1.807) is 0 Å². The summed E-state index contributed by atoms with van der Waals surface area (Å²) in [6, 6.07) is 0. The average Bonchev–Trinajstić information content (AvgIpc) is 3.35. The van der Waals surface area contributed by atoms with Crippen molar-refractivity contribution in [3.63, 3.8) is 0 Å². The maximum atomic E-state index is 12.8. The second-order valence-electron chi connectivity index (χ2n) is 19.9. The summed E-state index contributed by atoms with van der Waals surface area (Å²) in [6.45, 7) is 4.08. The summed E-state index contributed by atoms with van der Waals surface area (Å²) in [5, 5.41) is 0. The molecule has 0 saturated carbocycles. The highest BCUT2D eigenvalue weighted by Gasteiger charge is 2.21. The normalized spacial score (nSPS) is 14.2. The molecule has 10 heteroatoms. The van der Waals surface area contributed by atoms with Gasteiger partial charge in [-0.2, -0.15) is 0 Å². The van der Waals surface area contributed by atoms with Gasteiger partial charge in [-0.05, 0) is 89.9 Å². The van der Waals surface area contributed by atoms with E-state index in [9.17, 15) is 19.0 Å². The SMILES string of the molecule is CC/C=C\C/C=C\C/C=C\C/C=C\C/C=C\C/C=C\C/C=C\C/C=C\C/C=C\C/C=C\CCCCCCC(=O)OC(COC(=O)CCCCCCCCCCCCCCCC)COP(=O)([O-])OCC[N+](C)(C)C. The monoisotopic (exact) mass is 1040 g/mol. The Kier molecular flexibility index (Phi) is 50.6. The van der Waals surface area contributed by atoms with Gasteiger partial charge in [0.05, 0.1) is 27.7 Å². The van der Waals surface area contributed by atoms with Crippen molar-refractivity contribution in [2.75, 3.05) is 47.5 Å². The van der Waals surface area contributed by atoms with E-state index in [0.29, 0.717) is 17.4 Å². The van der Waals surface area contributed by atoms with Crippen molar-refractivity contribution in [3.05, 3.63) is 122 Å². The number of quaternary nitrogens is 1. The van der Waals surface area contributed by atoms with Crippen LogP contribution in [-0.2, 0) is 32.7 Å². The van der Waals surface area contributed by atoms with Crippen LogP contribution in [0.2, 0.25) is 0 Å². The number of carbonyl (C=O) groups is 2. The van der Waals surface area contributed by atoms with Crippen LogP contribution in [0.25, 0.3) is 0 Å². The van der Waals surface area contributed by atoms with Crippen LogP contribution in [0.3, 0.4) is 0 Å². The number of carbonyl (C=O) groups excluding carboxylic acids is 2. The molecule has 0 radical (unpaired) electrons. The summed E-state index contributed by atoms with van der Waals surface area (Å²) in [4.78, 5) is 37.8. The van der Waals surface area contributed by atoms with E-state index in [1.165, 1.54) is 70.6 Å². The molecule has 0 aromatic rings. The molecule has 73 heavy (non-hydrogen) atoms. The van der Waals surface area contributed by atoms with Crippen LogP contribution in [-0.4, -0.2) is 70.0 Å². The number of esters is 2. The molecule has 0 aromatic heterocycles. The standard InChI is InChI=1S/C63H106NO8P/c1-6-8-10-12-14-16-18-20-22-23-24-25-26-27-28-29-30-31-32-33-34-35-36-37-38-39-40-41-42-44-46-48-50-52-54-56-63(66)72-61(60-71-73(67,68)70-58-57-64(3,4)5)59-69-62(65)55-53-51-49-47-45-43-21-19-17-15-13-11-9-7-2/h8,10,14,16,20,22,24-25,27-28,30-31,33-34,36-37,39-40,42,44,61H,6-7,9,11-13,15,17-19,21,23,26,29,32,35,38,41,43,45-60H2,1-5H3/b10-8-,16-14-,22-20-,25-24-,28-27-,31-30-,34-33-,37-36-,40-39-,44-42-. The molecule has 2 unspecified atom stereocenters. The quantitative estimate of drug-likeness (QED) is 0.0195. The predicted octanol–water partition coefficient (Wildman–Crippen LogP) is 17.3. The van der Waals surface area contributed by atoms with Gasteiger partial charge in [-0.15, -0.1) is 0 Å². The van der Waals surface area contributed by atoms with Crippen LogP contribution < -0.4 is 4.89 Å². The summed E-state index contributed by atoms with van der Waals surface area (Å²) < 4.78 is 34.1. The lowest BCUT2D eigenvalue weighted by Crippen LogP contribution is -2.37. The molecule has 0 bridgehead atoms. The molecule has 0 aliphatic carbocycles. The average molecular weight is 1040 g/mol. The number of ether oxygens (including phenoxy) is 2. The van der Waals surface area contributed by atoms with Crippen molar-refractivity contribution in [1.29, 1.82) is 0 Å². The third-order valence-electron chi connectivity index (χ3n) is 11.7. The molecule has 0 rings (SSSR count). The fourth-order valence-electron chi connectivity index (χ4n) is 7.33. The minimum atomic E-state index is -4.65. The van der Waals surface area contributed by atoms with Crippen LogP contribution in [0, 0.1) is 0 Å². The number of phosphoric ester groups is 1. The van der Waals surface area contributed by atoms with E-state index in [0.717, 1.165) is 109 Å². The molecule has 2 atom stereocenters. The Morgan fingerprint density at radius 3 is 1.16 bits per heavy atom. The number of hydrogen-bond donors (Lipinski definition) is 0. The molecular formula is C63H106NO8P. The van der Waals surface area contributed by atoms with Gasteiger partial charge in [0.15, 0.2) is 6.10 Å². The zero-order chi connectivity index (χ0) is 53.5. The predicted molar refractivity (Wildman–Crippen MR) is 309 cm³/mol. The van der Waals surface area contributed by atoms with Crippen molar-refractivity contribution in [3.8, 4) is 0 Å².